The number of rotatable bonds is 5. The molecule has 0 aliphatic carbocycles. The molecule has 0 unspecified atom stereocenters. The molecule has 1 saturated heterocycles. The third kappa shape index (κ3) is 3.55. The summed E-state index contributed by atoms with van der Waals surface area (Å²) in [6.07, 6.45) is 3.95. The van der Waals surface area contributed by atoms with Crippen molar-refractivity contribution in [2.24, 2.45) is 0 Å². The zero-order chi connectivity index (χ0) is 12.1. The van der Waals surface area contributed by atoms with Gasteiger partial charge in [0.1, 0.15) is 0 Å². The topological polar surface area (TPSA) is 6.48 Å². The lowest BCUT2D eigenvalue weighted by molar-refractivity contribution is 0.240. The molecule has 0 spiro atoms. The van der Waals surface area contributed by atoms with E-state index in [2.05, 4.69) is 54.2 Å². The Morgan fingerprint density at radius 1 is 1.24 bits per heavy atom. The van der Waals surface area contributed by atoms with Crippen LogP contribution in [0.15, 0.2) is 30.3 Å². The van der Waals surface area contributed by atoms with Gasteiger partial charge in [-0.2, -0.15) is 0 Å². The van der Waals surface area contributed by atoms with Crippen LogP contribution in [0.3, 0.4) is 0 Å². The Kier molecular flexibility index (Phi) is 4.57. The molecular weight excluding hydrogens is 208 g/mol. The van der Waals surface area contributed by atoms with Crippen LogP contribution in [0.1, 0.15) is 30.9 Å². The number of nitrogens with zero attached hydrogens (tertiary/aromatic N) is 2. The minimum atomic E-state index is 0.665. The molecule has 0 radical (unpaired) electrons. The highest BCUT2D eigenvalue weighted by atomic mass is 15.2. The second-order valence-corrected chi connectivity index (χ2v) is 5.26. The molecule has 1 aromatic rings. The predicted octanol–water partition coefficient (Wildman–Crippen LogP) is 2.78. The number of hydrogen-bond acceptors (Lipinski definition) is 2. The van der Waals surface area contributed by atoms with Gasteiger partial charge >= 0.3 is 0 Å². The fraction of sp³-hybridized carbons (Fsp3) is 0.600. The third-order valence-corrected chi connectivity index (χ3v) is 3.60. The number of benzene rings is 1. The Morgan fingerprint density at radius 3 is 2.71 bits per heavy atom. The van der Waals surface area contributed by atoms with Crippen molar-refractivity contribution >= 4 is 0 Å². The Morgan fingerprint density at radius 2 is 2.00 bits per heavy atom. The minimum Gasteiger partial charge on any atom is -0.309 e. The van der Waals surface area contributed by atoms with Gasteiger partial charge in [0.2, 0.25) is 0 Å². The van der Waals surface area contributed by atoms with E-state index in [1.807, 2.05) is 0 Å². The molecule has 0 bridgehead atoms. The maximum Gasteiger partial charge on any atom is 0.0348 e. The maximum atomic E-state index is 2.65. The van der Waals surface area contributed by atoms with Crippen molar-refractivity contribution in [2.45, 2.75) is 25.3 Å². The van der Waals surface area contributed by atoms with Crippen molar-refractivity contribution in [1.82, 2.24) is 9.80 Å². The second kappa shape index (κ2) is 6.18. The number of likely N-dealkylation sites (tertiary alicyclic amines) is 1. The monoisotopic (exact) mass is 232 g/mol. The largest absolute Gasteiger partial charge is 0.309 e. The summed E-state index contributed by atoms with van der Waals surface area (Å²) in [4.78, 5) is 4.92. The van der Waals surface area contributed by atoms with Gasteiger partial charge in [-0.05, 0) is 58.6 Å². The Bertz CT molecular complexity index is 321. The Hall–Kier alpha value is -0.860. The van der Waals surface area contributed by atoms with Crippen LogP contribution in [0.4, 0.5) is 0 Å². The Balaban J connectivity index is 1.89. The van der Waals surface area contributed by atoms with E-state index in [9.17, 15) is 0 Å². The molecule has 0 N–H and O–H groups in total. The Labute approximate surface area is 105 Å². The summed E-state index contributed by atoms with van der Waals surface area (Å²) in [5.74, 6) is 0. The van der Waals surface area contributed by atoms with Crippen LogP contribution in [-0.2, 0) is 0 Å². The normalized spacial score (nSPS) is 21.2. The molecule has 94 valence electrons. The van der Waals surface area contributed by atoms with E-state index in [1.54, 1.807) is 0 Å². The van der Waals surface area contributed by atoms with Crippen molar-refractivity contribution in [1.29, 1.82) is 0 Å². The molecule has 1 heterocycles. The summed E-state index contributed by atoms with van der Waals surface area (Å²) in [5.41, 5.74) is 1.50. The first kappa shape index (κ1) is 12.6. The van der Waals surface area contributed by atoms with Crippen LogP contribution < -0.4 is 0 Å². The van der Waals surface area contributed by atoms with E-state index in [4.69, 9.17) is 0 Å². The van der Waals surface area contributed by atoms with E-state index in [0.717, 1.165) is 0 Å². The highest BCUT2D eigenvalue weighted by Crippen LogP contribution is 2.31. The molecule has 1 aromatic carbocycles. The van der Waals surface area contributed by atoms with Crippen molar-refractivity contribution in [3.05, 3.63) is 35.9 Å². The van der Waals surface area contributed by atoms with Crippen LogP contribution in [-0.4, -0.2) is 43.5 Å². The van der Waals surface area contributed by atoms with Gasteiger partial charge in [-0.3, -0.25) is 4.90 Å². The van der Waals surface area contributed by atoms with Gasteiger partial charge in [-0.1, -0.05) is 30.3 Å². The first-order valence-electron chi connectivity index (χ1n) is 6.71. The molecule has 2 heteroatoms. The molecule has 0 aromatic heterocycles. The van der Waals surface area contributed by atoms with Gasteiger partial charge in [0.25, 0.3) is 0 Å². The van der Waals surface area contributed by atoms with Gasteiger partial charge in [0.15, 0.2) is 0 Å². The maximum absolute atomic E-state index is 2.65. The second-order valence-electron chi connectivity index (χ2n) is 5.26. The van der Waals surface area contributed by atoms with E-state index >= 15 is 0 Å². The van der Waals surface area contributed by atoms with Gasteiger partial charge < -0.3 is 4.90 Å². The fourth-order valence-electron chi connectivity index (χ4n) is 2.74. The summed E-state index contributed by atoms with van der Waals surface area (Å²) in [6, 6.07) is 11.6. The van der Waals surface area contributed by atoms with Crippen LogP contribution in [0.5, 0.6) is 0 Å². The SMILES string of the molecule is CN(C)CCCN1CCC[C@H]1c1ccccc1. The van der Waals surface area contributed by atoms with E-state index < -0.39 is 0 Å². The first-order valence-corrected chi connectivity index (χ1v) is 6.71. The standard InChI is InChI=1S/C15H24N2/c1-16(2)11-7-13-17-12-6-10-15(17)14-8-4-3-5-9-14/h3-5,8-9,15H,6-7,10-13H2,1-2H3/t15-/m0/s1. The molecule has 0 amide bonds. The molecule has 0 saturated carbocycles. The van der Waals surface area contributed by atoms with Gasteiger partial charge in [0, 0.05) is 6.04 Å². The fourth-order valence-corrected chi connectivity index (χ4v) is 2.74. The molecule has 1 aliphatic heterocycles. The average Bonchev–Trinajstić information content (AvgIpc) is 2.78. The van der Waals surface area contributed by atoms with E-state index in [1.165, 1.54) is 44.5 Å². The summed E-state index contributed by atoms with van der Waals surface area (Å²) in [5, 5.41) is 0. The van der Waals surface area contributed by atoms with Crippen molar-refractivity contribution in [3.63, 3.8) is 0 Å². The average molecular weight is 232 g/mol. The summed E-state index contributed by atoms with van der Waals surface area (Å²) in [7, 11) is 4.30. The van der Waals surface area contributed by atoms with Crippen LogP contribution in [0, 0.1) is 0 Å². The van der Waals surface area contributed by atoms with Crippen LogP contribution >= 0.6 is 0 Å². The third-order valence-electron chi connectivity index (χ3n) is 3.60. The minimum absolute atomic E-state index is 0.665. The molecule has 1 atom stereocenters. The first-order chi connectivity index (χ1) is 8.27. The smallest absolute Gasteiger partial charge is 0.0348 e. The zero-order valence-corrected chi connectivity index (χ0v) is 11.1. The zero-order valence-electron chi connectivity index (χ0n) is 11.1. The molecule has 1 fully saturated rings. The van der Waals surface area contributed by atoms with Crippen molar-refractivity contribution in [2.75, 3.05) is 33.7 Å². The molecule has 1 aliphatic rings. The van der Waals surface area contributed by atoms with Crippen molar-refractivity contribution < 1.29 is 0 Å². The lowest BCUT2D eigenvalue weighted by Gasteiger charge is -2.25. The molecule has 17 heavy (non-hydrogen) atoms. The summed E-state index contributed by atoms with van der Waals surface area (Å²) < 4.78 is 0. The highest BCUT2D eigenvalue weighted by Gasteiger charge is 2.24. The molecule has 2 rings (SSSR count). The lowest BCUT2D eigenvalue weighted by Crippen LogP contribution is -2.27. The summed E-state index contributed by atoms with van der Waals surface area (Å²) in [6.45, 7) is 3.70. The van der Waals surface area contributed by atoms with Gasteiger partial charge in [0.05, 0.1) is 0 Å². The van der Waals surface area contributed by atoms with Crippen molar-refractivity contribution in [3.8, 4) is 0 Å². The van der Waals surface area contributed by atoms with Crippen LogP contribution in [0.25, 0.3) is 0 Å². The molecular formula is C15H24N2. The lowest BCUT2D eigenvalue weighted by atomic mass is 10.0. The predicted molar refractivity (Wildman–Crippen MR) is 73.2 cm³/mol. The molecule has 2 nitrogen and oxygen atoms in total. The summed E-state index contributed by atoms with van der Waals surface area (Å²) >= 11 is 0. The van der Waals surface area contributed by atoms with E-state index in [-0.39, 0.29) is 0 Å². The number of hydrogen-bond donors (Lipinski definition) is 0. The quantitative estimate of drug-likeness (QED) is 0.770. The van der Waals surface area contributed by atoms with Gasteiger partial charge in [-0.15, -0.1) is 0 Å². The van der Waals surface area contributed by atoms with Gasteiger partial charge in [-0.25, -0.2) is 0 Å². The van der Waals surface area contributed by atoms with E-state index in [0.29, 0.717) is 6.04 Å². The highest BCUT2D eigenvalue weighted by molar-refractivity contribution is 5.19. The van der Waals surface area contributed by atoms with Crippen LogP contribution in [0.2, 0.25) is 0 Å².